The van der Waals surface area contributed by atoms with Gasteiger partial charge >= 0.3 is 6.18 Å². The van der Waals surface area contributed by atoms with E-state index in [9.17, 15) is 18.0 Å². The fourth-order valence-corrected chi connectivity index (χ4v) is 3.01. The molecule has 1 amide bonds. The molecular formula is C20H22F3N3O2. The van der Waals surface area contributed by atoms with Crippen LogP contribution >= 0.6 is 0 Å². The maximum absolute atomic E-state index is 12.7. The Hall–Kier alpha value is -2.77. The number of carbonyl (C=O) groups is 1. The molecule has 1 aliphatic carbocycles. The van der Waals surface area contributed by atoms with Gasteiger partial charge in [-0.3, -0.25) is 4.79 Å². The van der Waals surface area contributed by atoms with Crippen LogP contribution in [0.5, 0.6) is 5.88 Å². The summed E-state index contributed by atoms with van der Waals surface area (Å²) < 4.78 is 43.9. The predicted molar refractivity (Wildman–Crippen MR) is 98.9 cm³/mol. The largest absolute Gasteiger partial charge is 0.474 e. The van der Waals surface area contributed by atoms with Gasteiger partial charge in [-0.05, 0) is 49.4 Å². The third-order valence-corrected chi connectivity index (χ3v) is 4.52. The smallest absolute Gasteiger partial charge is 0.416 e. The average Bonchev–Trinajstić information content (AvgIpc) is 3.18. The normalized spacial score (nSPS) is 14.7. The predicted octanol–water partition coefficient (Wildman–Crippen LogP) is 4.15. The number of amides is 1. The molecule has 1 aromatic carbocycles. The topological polar surface area (TPSA) is 63.2 Å². The standard InChI is InChI=1S/C20H22F3N3O2/c21-20(22,23)15-4-3-5-16(10-15)24-13-18(27)25-11-14-8-9-19(26-12-14)28-17-6-1-2-7-17/h3-5,8-10,12,17,24H,1-2,6-7,11,13H2,(H,25,27). The van der Waals surface area contributed by atoms with Gasteiger partial charge in [-0.25, -0.2) is 4.98 Å². The molecule has 0 radical (unpaired) electrons. The summed E-state index contributed by atoms with van der Waals surface area (Å²) in [7, 11) is 0. The Morgan fingerprint density at radius 3 is 2.64 bits per heavy atom. The third-order valence-electron chi connectivity index (χ3n) is 4.52. The molecule has 5 nitrogen and oxygen atoms in total. The number of anilines is 1. The number of hydrogen-bond acceptors (Lipinski definition) is 4. The first-order valence-electron chi connectivity index (χ1n) is 9.19. The number of nitrogens with one attached hydrogen (secondary N) is 2. The zero-order valence-electron chi connectivity index (χ0n) is 15.3. The molecule has 0 spiro atoms. The lowest BCUT2D eigenvalue weighted by Gasteiger charge is -2.12. The number of hydrogen-bond donors (Lipinski definition) is 2. The molecule has 0 saturated heterocycles. The molecule has 2 aromatic rings. The Bertz CT molecular complexity index is 788. The number of ether oxygens (including phenoxy) is 1. The van der Waals surface area contributed by atoms with E-state index in [0.717, 1.165) is 30.5 Å². The summed E-state index contributed by atoms with van der Waals surface area (Å²) >= 11 is 0. The fourth-order valence-electron chi connectivity index (χ4n) is 3.01. The average molecular weight is 393 g/mol. The molecule has 28 heavy (non-hydrogen) atoms. The van der Waals surface area contributed by atoms with E-state index in [0.29, 0.717) is 5.88 Å². The highest BCUT2D eigenvalue weighted by Gasteiger charge is 2.30. The third kappa shape index (κ3) is 5.87. The molecule has 1 heterocycles. The van der Waals surface area contributed by atoms with Crippen molar-refractivity contribution in [2.24, 2.45) is 0 Å². The van der Waals surface area contributed by atoms with Gasteiger partial charge in [0.05, 0.1) is 12.1 Å². The monoisotopic (exact) mass is 393 g/mol. The molecule has 150 valence electrons. The summed E-state index contributed by atoms with van der Waals surface area (Å²) in [5.74, 6) is 0.247. The van der Waals surface area contributed by atoms with E-state index in [1.165, 1.54) is 25.0 Å². The lowest BCUT2D eigenvalue weighted by atomic mass is 10.2. The molecule has 8 heteroatoms. The highest BCUT2D eigenvalue weighted by atomic mass is 19.4. The number of alkyl halides is 3. The van der Waals surface area contributed by atoms with Crippen molar-refractivity contribution in [3.05, 3.63) is 53.7 Å². The van der Waals surface area contributed by atoms with Crippen LogP contribution in [0.25, 0.3) is 0 Å². The first-order chi connectivity index (χ1) is 13.4. The van der Waals surface area contributed by atoms with E-state index in [4.69, 9.17) is 4.74 Å². The van der Waals surface area contributed by atoms with Gasteiger partial charge in [-0.1, -0.05) is 12.1 Å². The van der Waals surface area contributed by atoms with Gasteiger partial charge in [0.2, 0.25) is 11.8 Å². The summed E-state index contributed by atoms with van der Waals surface area (Å²) in [5, 5.41) is 5.40. The molecule has 3 rings (SSSR count). The zero-order chi connectivity index (χ0) is 20.0. The zero-order valence-corrected chi connectivity index (χ0v) is 15.3. The number of aromatic nitrogens is 1. The van der Waals surface area contributed by atoms with Crippen molar-refractivity contribution < 1.29 is 22.7 Å². The fraction of sp³-hybridized carbons (Fsp3) is 0.400. The van der Waals surface area contributed by atoms with Gasteiger partial charge in [0.25, 0.3) is 0 Å². The molecule has 1 fully saturated rings. The second-order valence-electron chi connectivity index (χ2n) is 6.74. The Morgan fingerprint density at radius 2 is 1.96 bits per heavy atom. The van der Waals surface area contributed by atoms with E-state index in [1.54, 1.807) is 12.3 Å². The number of nitrogens with zero attached hydrogens (tertiary/aromatic N) is 1. The van der Waals surface area contributed by atoms with E-state index in [-0.39, 0.29) is 30.8 Å². The highest BCUT2D eigenvalue weighted by molar-refractivity contribution is 5.80. The number of halogens is 3. The summed E-state index contributed by atoms with van der Waals surface area (Å²) in [6, 6.07) is 8.34. The Kier molecular flexibility index (Phi) is 6.38. The van der Waals surface area contributed by atoms with Crippen LogP contribution < -0.4 is 15.4 Å². The van der Waals surface area contributed by atoms with Crippen LogP contribution in [0.15, 0.2) is 42.6 Å². The first kappa shape index (κ1) is 20.0. The van der Waals surface area contributed by atoms with E-state index >= 15 is 0 Å². The molecule has 0 aliphatic heterocycles. The Balaban J connectivity index is 1.43. The summed E-state index contributed by atoms with van der Waals surface area (Å²) in [5.41, 5.74) is 0.287. The minimum atomic E-state index is -4.42. The molecule has 0 unspecified atom stereocenters. The van der Waals surface area contributed by atoms with Gasteiger partial charge in [-0.2, -0.15) is 13.2 Å². The number of pyridine rings is 1. The summed E-state index contributed by atoms with van der Waals surface area (Å²) in [4.78, 5) is 16.2. The SMILES string of the molecule is O=C(CNc1cccc(C(F)(F)F)c1)NCc1ccc(OC2CCCC2)nc1. The minimum absolute atomic E-state index is 0.127. The second-order valence-corrected chi connectivity index (χ2v) is 6.74. The summed E-state index contributed by atoms with van der Waals surface area (Å²) in [6.45, 7) is 0.150. The number of benzene rings is 1. The van der Waals surface area contributed by atoms with Crippen molar-refractivity contribution in [2.75, 3.05) is 11.9 Å². The molecule has 1 saturated carbocycles. The number of carbonyl (C=O) groups excluding carboxylic acids is 1. The molecule has 0 atom stereocenters. The lowest BCUT2D eigenvalue weighted by Crippen LogP contribution is -2.29. The van der Waals surface area contributed by atoms with E-state index in [1.807, 2.05) is 6.07 Å². The van der Waals surface area contributed by atoms with Crippen LogP contribution in [0, 0.1) is 0 Å². The van der Waals surface area contributed by atoms with Crippen LogP contribution in [0.1, 0.15) is 36.8 Å². The Labute approximate surface area is 161 Å². The van der Waals surface area contributed by atoms with Crippen LogP contribution in [-0.4, -0.2) is 23.5 Å². The van der Waals surface area contributed by atoms with Crippen LogP contribution in [0.4, 0.5) is 18.9 Å². The van der Waals surface area contributed by atoms with Crippen molar-refractivity contribution in [3.8, 4) is 5.88 Å². The maximum Gasteiger partial charge on any atom is 0.416 e. The van der Waals surface area contributed by atoms with E-state index < -0.39 is 11.7 Å². The summed E-state index contributed by atoms with van der Waals surface area (Å²) in [6.07, 6.45) is 1.94. The molecule has 0 bridgehead atoms. The molecule has 1 aromatic heterocycles. The highest BCUT2D eigenvalue weighted by Crippen LogP contribution is 2.30. The quantitative estimate of drug-likeness (QED) is 0.742. The van der Waals surface area contributed by atoms with Crippen LogP contribution in [0.3, 0.4) is 0 Å². The lowest BCUT2D eigenvalue weighted by molar-refractivity contribution is -0.137. The van der Waals surface area contributed by atoms with Crippen LogP contribution in [-0.2, 0) is 17.5 Å². The van der Waals surface area contributed by atoms with E-state index in [2.05, 4.69) is 15.6 Å². The van der Waals surface area contributed by atoms with Gasteiger partial charge in [0.15, 0.2) is 0 Å². The maximum atomic E-state index is 12.7. The van der Waals surface area contributed by atoms with Crippen molar-refractivity contribution in [2.45, 2.75) is 44.5 Å². The molecular weight excluding hydrogens is 371 g/mol. The van der Waals surface area contributed by atoms with Crippen LogP contribution in [0.2, 0.25) is 0 Å². The van der Waals surface area contributed by atoms with Gasteiger partial charge in [-0.15, -0.1) is 0 Å². The van der Waals surface area contributed by atoms with Gasteiger partial charge in [0, 0.05) is 24.5 Å². The van der Waals surface area contributed by atoms with Crippen molar-refractivity contribution >= 4 is 11.6 Å². The molecule has 1 aliphatic rings. The van der Waals surface area contributed by atoms with Gasteiger partial charge in [0.1, 0.15) is 6.10 Å². The number of rotatable bonds is 7. The Morgan fingerprint density at radius 1 is 1.18 bits per heavy atom. The van der Waals surface area contributed by atoms with Crippen molar-refractivity contribution in [3.63, 3.8) is 0 Å². The second kappa shape index (κ2) is 8.95. The van der Waals surface area contributed by atoms with Crippen molar-refractivity contribution in [1.29, 1.82) is 0 Å². The molecule has 2 N–H and O–H groups in total. The van der Waals surface area contributed by atoms with Crippen molar-refractivity contribution in [1.82, 2.24) is 10.3 Å². The minimum Gasteiger partial charge on any atom is -0.474 e. The van der Waals surface area contributed by atoms with Gasteiger partial charge < -0.3 is 15.4 Å². The first-order valence-corrected chi connectivity index (χ1v) is 9.19.